The Morgan fingerprint density at radius 1 is 1.45 bits per heavy atom. The van der Waals surface area contributed by atoms with Crippen LogP contribution in [0.4, 0.5) is 0 Å². The number of ether oxygens (including phenoxy) is 1. The van der Waals surface area contributed by atoms with Crippen molar-refractivity contribution in [1.82, 2.24) is 0 Å². The molecule has 0 spiro atoms. The maximum Gasteiger partial charge on any atom is 0.120 e. The third kappa shape index (κ3) is 1.53. The molecule has 1 aliphatic rings. The lowest BCUT2D eigenvalue weighted by Crippen LogP contribution is -2.24. The van der Waals surface area contributed by atoms with Crippen molar-refractivity contribution >= 4 is 0 Å². The summed E-state index contributed by atoms with van der Waals surface area (Å²) in [6.45, 7) is 0. The smallest absolute Gasteiger partial charge is 0.120 e. The molecule has 1 aliphatic carbocycles. The van der Waals surface area contributed by atoms with E-state index in [0.717, 1.165) is 5.75 Å². The number of benzene rings is 1. The Kier molecular flexibility index (Phi) is 1.80. The van der Waals surface area contributed by atoms with Crippen molar-refractivity contribution in [3.63, 3.8) is 0 Å². The summed E-state index contributed by atoms with van der Waals surface area (Å²) in [4.78, 5) is 0. The topological polar surface area (TPSA) is 9.23 Å². The predicted octanol–water partition coefficient (Wildman–Crippen LogP) is 2.42. The summed E-state index contributed by atoms with van der Waals surface area (Å²) in [6, 6.07) is 10.7. The summed E-state index contributed by atoms with van der Waals surface area (Å²) in [7, 11) is 0. The van der Waals surface area contributed by atoms with E-state index in [-0.39, 0.29) is 0 Å². The van der Waals surface area contributed by atoms with Crippen LogP contribution in [0.25, 0.3) is 0 Å². The average Bonchev–Trinajstić information content (AvgIpc) is 1.99. The molecule has 0 saturated heterocycles. The van der Waals surface area contributed by atoms with Crippen LogP contribution in [0.15, 0.2) is 24.3 Å². The molecule has 1 nitrogen and oxygen atoms in total. The van der Waals surface area contributed by atoms with Crippen LogP contribution in [0.2, 0.25) is 0 Å². The van der Waals surface area contributed by atoms with E-state index in [2.05, 4.69) is 6.07 Å². The summed E-state index contributed by atoms with van der Waals surface area (Å²) < 4.78 is 5.62. The van der Waals surface area contributed by atoms with E-state index in [4.69, 9.17) is 4.74 Å². The van der Waals surface area contributed by atoms with E-state index < -0.39 is 0 Å². The van der Waals surface area contributed by atoms with Gasteiger partial charge in [-0.15, -0.1) is 0 Å². The molecule has 0 unspecified atom stereocenters. The summed E-state index contributed by atoms with van der Waals surface area (Å²) >= 11 is 0. The van der Waals surface area contributed by atoms with Crippen molar-refractivity contribution in [2.45, 2.75) is 25.4 Å². The highest BCUT2D eigenvalue weighted by Crippen LogP contribution is 2.24. The van der Waals surface area contributed by atoms with Crippen molar-refractivity contribution in [3.05, 3.63) is 30.3 Å². The van der Waals surface area contributed by atoms with Crippen molar-refractivity contribution in [2.24, 2.45) is 0 Å². The van der Waals surface area contributed by atoms with Gasteiger partial charge in [0, 0.05) is 0 Å². The van der Waals surface area contributed by atoms with E-state index in [1.807, 2.05) is 24.3 Å². The number of hydrogen-bond donors (Lipinski definition) is 0. The van der Waals surface area contributed by atoms with Gasteiger partial charge in [-0.05, 0) is 37.5 Å². The van der Waals surface area contributed by atoms with Gasteiger partial charge in [-0.2, -0.15) is 0 Å². The lowest BCUT2D eigenvalue weighted by atomic mass is 9.96. The lowest BCUT2D eigenvalue weighted by molar-refractivity contribution is 0.120. The Bertz CT molecular complexity index is 214. The normalized spacial score (nSPS) is 17.5. The fourth-order valence-corrected chi connectivity index (χ4v) is 1.13. The average molecular weight is 147 g/mol. The second-order valence-corrected chi connectivity index (χ2v) is 2.91. The van der Waals surface area contributed by atoms with Crippen LogP contribution < -0.4 is 4.74 Å². The zero-order valence-corrected chi connectivity index (χ0v) is 6.42. The molecule has 1 aromatic rings. The first-order valence-electron chi connectivity index (χ1n) is 4.08. The highest BCUT2D eigenvalue weighted by molar-refractivity contribution is 5.20. The molecule has 1 heteroatoms. The molecule has 1 saturated carbocycles. The number of hydrogen-bond acceptors (Lipinski definition) is 1. The van der Waals surface area contributed by atoms with Gasteiger partial charge in [0.15, 0.2) is 0 Å². The molecule has 0 bridgehead atoms. The van der Waals surface area contributed by atoms with Gasteiger partial charge in [0.1, 0.15) is 5.75 Å². The highest BCUT2D eigenvalue weighted by Gasteiger charge is 2.18. The van der Waals surface area contributed by atoms with Crippen LogP contribution in [0.1, 0.15) is 19.3 Å². The quantitative estimate of drug-likeness (QED) is 0.624. The van der Waals surface area contributed by atoms with Gasteiger partial charge in [-0.3, -0.25) is 0 Å². The molecule has 0 N–H and O–H groups in total. The molecule has 1 fully saturated rings. The van der Waals surface area contributed by atoms with Crippen molar-refractivity contribution < 1.29 is 4.74 Å². The minimum absolute atomic E-state index is 0.478. The first kappa shape index (κ1) is 6.71. The molecular weight excluding hydrogens is 136 g/mol. The van der Waals surface area contributed by atoms with Gasteiger partial charge in [0.2, 0.25) is 0 Å². The maximum absolute atomic E-state index is 5.62. The van der Waals surface area contributed by atoms with Crippen molar-refractivity contribution in [3.8, 4) is 5.75 Å². The minimum Gasteiger partial charge on any atom is -0.490 e. The van der Waals surface area contributed by atoms with E-state index in [1.165, 1.54) is 19.3 Å². The zero-order chi connectivity index (χ0) is 7.52. The Hall–Kier alpha value is -0.980. The van der Waals surface area contributed by atoms with Gasteiger partial charge in [-0.1, -0.05) is 12.1 Å². The van der Waals surface area contributed by atoms with Gasteiger partial charge in [0.25, 0.3) is 0 Å². The van der Waals surface area contributed by atoms with Crippen LogP contribution in [-0.4, -0.2) is 6.10 Å². The molecule has 0 aliphatic heterocycles. The second kappa shape index (κ2) is 2.95. The highest BCUT2D eigenvalue weighted by atomic mass is 16.5. The van der Waals surface area contributed by atoms with E-state index in [1.54, 1.807) is 0 Å². The van der Waals surface area contributed by atoms with Crippen LogP contribution >= 0.6 is 0 Å². The van der Waals surface area contributed by atoms with E-state index in [0.29, 0.717) is 6.10 Å². The zero-order valence-electron chi connectivity index (χ0n) is 6.42. The van der Waals surface area contributed by atoms with Gasteiger partial charge < -0.3 is 4.74 Å². The Labute approximate surface area is 67.0 Å². The third-order valence-electron chi connectivity index (χ3n) is 2.03. The monoisotopic (exact) mass is 147 g/mol. The molecule has 0 amide bonds. The lowest BCUT2D eigenvalue weighted by Gasteiger charge is -2.26. The Morgan fingerprint density at radius 3 is 2.91 bits per heavy atom. The van der Waals surface area contributed by atoms with Gasteiger partial charge in [0.05, 0.1) is 6.10 Å². The molecule has 2 rings (SSSR count). The molecule has 0 heterocycles. The summed E-state index contributed by atoms with van der Waals surface area (Å²) in [5.41, 5.74) is 0. The molecular formula is C10H11O. The first-order chi connectivity index (χ1) is 5.45. The standard InChI is InChI=1S/C10H11O/c1-2-5-9(6-3-1)11-10-7-4-8-10/h1-2,5-6,10H,4,7-8H2. The fraction of sp³-hybridized carbons (Fsp3) is 0.400. The molecule has 11 heavy (non-hydrogen) atoms. The molecule has 0 aromatic heterocycles. The van der Waals surface area contributed by atoms with Crippen LogP contribution in [0.5, 0.6) is 5.75 Å². The largest absolute Gasteiger partial charge is 0.490 e. The maximum atomic E-state index is 5.62. The molecule has 1 radical (unpaired) electrons. The molecule has 57 valence electrons. The predicted molar refractivity (Wildman–Crippen MR) is 43.5 cm³/mol. The third-order valence-corrected chi connectivity index (χ3v) is 2.03. The van der Waals surface area contributed by atoms with E-state index >= 15 is 0 Å². The SMILES string of the molecule is [c]1cccc(OC2CCC2)c1. The molecule has 1 aromatic carbocycles. The number of rotatable bonds is 2. The first-order valence-corrected chi connectivity index (χ1v) is 4.08. The Morgan fingerprint density at radius 2 is 2.36 bits per heavy atom. The van der Waals surface area contributed by atoms with Crippen LogP contribution in [0, 0.1) is 6.07 Å². The van der Waals surface area contributed by atoms with Crippen molar-refractivity contribution in [1.29, 1.82) is 0 Å². The van der Waals surface area contributed by atoms with Gasteiger partial charge >= 0.3 is 0 Å². The fourth-order valence-electron chi connectivity index (χ4n) is 1.13. The second-order valence-electron chi connectivity index (χ2n) is 2.91. The summed E-state index contributed by atoms with van der Waals surface area (Å²) in [5, 5.41) is 0. The Balaban J connectivity index is 1.95. The summed E-state index contributed by atoms with van der Waals surface area (Å²) in [6.07, 6.45) is 4.23. The van der Waals surface area contributed by atoms with Crippen LogP contribution in [0.3, 0.4) is 0 Å². The van der Waals surface area contributed by atoms with Crippen molar-refractivity contribution in [2.75, 3.05) is 0 Å². The minimum atomic E-state index is 0.478. The molecule has 0 atom stereocenters. The van der Waals surface area contributed by atoms with Crippen LogP contribution in [-0.2, 0) is 0 Å². The summed E-state index contributed by atoms with van der Waals surface area (Å²) in [5.74, 6) is 0.956. The van der Waals surface area contributed by atoms with E-state index in [9.17, 15) is 0 Å². The van der Waals surface area contributed by atoms with Gasteiger partial charge in [-0.25, -0.2) is 0 Å².